The standard InChI is InChI=1S/C19H13BrN2O2/c1-24-19(23)16-17(11-6-8-12(20)9-7-11)21-10-14-13-4-2-3-5-15(13)22-18(14)16/h2-10,22H,1H3. The van der Waals surface area contributed by atoms with Gasteiger partial charge in [-0.15, -0.1) is 0 Å². The van der Waals surface area contributed by atoms with Crippen LogP contribution in [0.3, 0.4) is 0 Å². The fourth-order valence-corrected chi connectivity index (χ4v) is 3.20. The van der Waals surface area contributed by atoms with Gasteiger partial charge in [0.1, 0.15) is 5.56 Å². The van der Waals surface area contributed by atoms with Crippen molar-refractivity contribution in [1.82, 2.24) is 9.97 Å². The fourth-order valence-electron chi connectivity index (χ4n) is 2.93. The summed E-state index contributed by atoms with van der Waals surface area (Å²) in [5.74, 6) is -0.405. The number of aromatic nitrogens is 2. The first-order chi connectivity index (χ1) is 11.7. The number of carbonyl (C=O) groups is 1. The summed E-state index contributed by atoms with van der Waals surface area (Å²) in [4.78, 5) is 20.4. The van der Waals surface area contributed by atoms with Crippen molar-refractivity contribution in [2.75, 3.05) is 7.11 Å². The minimum Gasteiger partial charge on any atom is -0.465 e. The summed E-state index contributed by atoms with van der Waals surface area (Å²) in [7, 11) is 1.38. The summed E-state index contributed by atoms with van der Waals surface area (Å²) in [6.07, 6.45) is 1.80. The van der Waals surface area contributed by atoms with Crippen molar-refractivity contribution in [3.8, 4) is 11.3 Å². The van der Waals surface area contributed by atoms with Gasteiger partial charge in [0.25, 0.3) is 0 Å². The van der Waals surface area contributed by atoms with Gasteiger partial charge < -0.3 is 9.72 Å². The van der Waals surface area contributed by atoms with Crippen LogP contribution < -0.4 is 0 Å². The number of halogens is 1. The molecule has 5 heteroatoms. The molecule has 0 bridgehead atoms. The first-order valence-corrected chi connectivity index (χ1v) is 8.22. The van der Waals surface area contributed by atoms with Crippen molar-refractivity contribution in [3.05, 3.63) is 64.8 Å². The molecular formula is C19H13BrN2O2. The number of para-hydroxylation sites is 1. The Kier molecular flexibility index (Phi) is 3.58. The first-order valence-electron chi connectivity index (χ1n) is 7.42. The lowest BCUT2D eigenvalue weighted by Crippen LogP contribution is -2.06. The van der Waals surface area contributed by atoms with Crippen molar-refractivity contribution in [2.45, 2.75) is 0 Å². The summed E-state index contributed by atoms with van der Waals surface area (Å²) in [6.45, 7) is 0. The van der Waals surface area contributed by atoms with Crippen LogP contribution in [0, 0.1) is 0 Å². The molecule has 4 aromatic rings. The van der Waals surface area contributed by atoms with Crippen LogP contribution in [0.4, 0.5) is 0 Å². The van der Waals surface area contributed by atoms with Crippen molar-refractivity contribution in [2.24, 2.45) is 0 Å². The number of hydrogen-bond donors (Lipinski definition) is 1. The minimum atomic E-state index is -0.405. The number of ether oxygens (including phenoxy) is 1. The number of rotatable bonds is 2. The van der Waals surface area contributed by atoms with Gasteiger partial charge in [-0.2, -0.15) is 0 Å². The van der Waals surface area contributed by atoms with Crippen LogP contribution in [-0.4, -0.2) is 23.0 Å². The third-order valence-electron chi connectivity index (χ3n) is 4.06. The van der Waals surface area contributed by atoms with Crippen LogP contribution >= 0.6 is 15.9 Å². The Balaban J connectivity index is 2.08. The van der Waals surface area contributed by atoms with Gasteiger partial charge in [0.15, 0.2) is 0 Å². The van der Waals surface area contributed by atoms with Crippen LogP contribution in [0.25, 0.3) is 33.1 Å². The highest BCUT2D eigenvalue weighted by Crippen LogP contribution is 2.33. The Hall–Kier alpha value is -2.66. The lowest BCUT2D eigenvalue weighted by atomic mass is 10.0. The lowest BCUT2D eigenvalue weighted by Gasteiger charge is -2.09. The van der Waals surface area contributed by atoms with Gasteiger partial charge in [-0.1, -0.05) is 46.3 Å². The summed E-state index contributed by atoms with van der Waals surface area (Å²) in [6, 6.07) is 15.6. The van der Waals surface area contributed by atoms with E-state index in [-0.39, 0.29) is 0 Å². The van der Waals surface area contributed by atoms with Crippen molar-refractivity contribution in [1.29, 1.82) is 0 Å². The van der Waals surface area contributed by atoms with Crippen LogP contribution in [0.15, 0.2) is 59.2 Å². The number of fused-ring (bicyclic) bond motifs is 3. The number of methoxy groups -OCH3 is 1. The topological polar surface area (TPSA) is 55.0 Å². The molecule has 118 valence electrons. The molecule has 1 N–H and O–H groups in total. The Morgan fingerprint density at radius 1 is 1.08 bits per heavy atom. The van der Waals surface area contributed by atoms with E-state index in [1.165, 1.54) is 7.11 Å². The first kappa shape index (κ1) is 14.9. The lowest BCUT2D eigenvalue weighted by molar-refractivity contribution is 0.0603. The van der Waals surface area contributed by atoms with Gasteiger partial charge in [0.05, 0.1) is 18.3 Å². The van der Waals surface area contributed by atoms with E-state index in [1.54, 1.807) is 6.20 Å². The summed E-state index contributed by atoms with van der Waals surface area (Å²) in [5, 5.41) is 1.94. The van der Waals surface area contributed by atoms with E-state index in [0.717, 1.165) is 31.8 Å². The molecule has 0 aliphatic heterocycles. The molecular weight excluding hydrogens is 368 g/mol. The van der Waals surface area contributed by atoms with E-state index in [1.807, 2.05) is 48.5 Å². The Labute approximate surface area is 146 Å². The van der Waals surface area contributed by atoms with Gasteiger partial charge in [0, 0.05) is 32.5 Å². The normalized spacial score (nSPS) is 11.1. The maximum Gasteiger partial charge on any atom is 0.342 e. The zero-order chi connectivity index (χ0) is 16.7. The van der Waals surface area contributed by atoms with E-state index < -0.39 is 5.97 Å². The van der Waals surface area contributed by atoms with E-state index >= 15 is 0 Å². The van der Waals surface area contributed by atoms with Gasteiger partial charge in [-0.25, -0.2) is 4.79 Å². The van der Waals surface area contributed by atoms with Gasteiger partial charge >= 0.3 is 5.97 Å². The van der Waals surface area contributed by atoms with Gasteiger partial charge in [0.2, 0.25) is 0 Å². The second-order valence-corrected chi connectivity index (χ2v) is 6.36. The predicted octanol–water partition coefficient (Wildman–Crippen LogP) is 4.93. The highest BCUT2D eigenvalue weighted by molar-refractivity contribution is 9.10. The molecule has 0 fully saturated rings. The average molecular weight is 381 g/mol. The maximum atomic E-state index is 12.5. The minimum absolute atomic E-state index is 0.405. The zero-order valence-corrected chi connectivity index (χ0v) is 14.4. The fraction of sp³-hybridized carbons (Fsp3) is 0.0526. The van der Waals surface area contributed by atoms with E-state index in [2.05, 4.69) is 25.9 Å². The number of H-pyrrole nitrogens is 1. The highest BCUT2D eigenvalue weighted by Gasteiger charge is 2.21. The molecule has 2 aromatic carbocycles. The zero-order valence-electron chi connectivity index (χ0n) is 12.8. The second-order valence-electron chi connectivity index (χ2n) is 5.44. The third kappa shape index (κ3) is 2.29. The molecule has 0 radical (unpaired) electrons. The van der Waals surface area contributed by atoms with Gasteiger partial charge in [-0.05, 0) is 18.2 Å². The summed E-state index contributed by atoms with van der Waals surface area (Å²) >= 11 is 3.42. The third-order valence-corrected chi connectivity index (χ3v) is 4.59. The van der Waals surface area contributed by atoms with Crippen LogP contribution in [0.1, 0.15) is 10.4 Å². The molecule has 4 nitrogen and oxygen atoms in total. The largest absolute Gasteiger partial charge is 0.465 e. The molecule has 0 spiro atoms. The predicted molar refractivity (Wildman–Crippen MR) is 98.1 cm³/mol. The van der Waals surface area contributed by atoms with Crippen LogP contribution in [0.5, 0.6) is 0 Å². The number of benzene rings is 2. The number of esters is 1. The molecule has 0 amide bonds. The number of nitrogens with one attached hydrogen (secondary N) is 1. The number of pyridine rings is 1. The van der Waals surface area contributed by atoms with E-state index in [0.29, 0.717) is 11.3 Å². The molecule has 0 aliphatic rings. The second kappa shape index (κ2) is 5.76. The number of aromatic amines is 1. The molecule has 0 unspecified atom stereocenters. The monoisotopic (exact) mass is 380 g/mol. The van der Waals surface area contributed by atoms with Gasteiger partial charge in [-0.3, -0.25) is 4.98 Å². The Bertz CT molecular complexity index is 1070. The molecule has 2 heterocycles. The van der Waals surface area contributed by atoms with Crippen molar-refractivity contribution >= 4 is 43.7 Å². The maximum absolute atomic E-state index is 12.5. The van der Waals surface area contributed by atoms with Crippen molar-refractivity contribution in [3.63, 3.8) is 0 Å². The smallest absolute Gasteiger partial charge is 0.342 e. The average Bonchev–Trinajstić information content (AvgIpc) is 2.99. The van der Waals surface area contributed by atoms with Crippen LogP contribution in [-0.2, 0) is 4.74 Å². The van der Waals surface area contributed by atoms with Crippen molar-refractivity contribution < 1.29 is 9.53 Å². The molecule has 4 rings (SSSR count). The number of carbonyl (C=O) groups excluding carboxylic acids is 1. The molecule has 0 atom stereocenters. The highest BCUT2D eigenvalue weighted by atomic mass is 79.9. The molecule has 0 saturated carbocycles. The van der Waals surface area contributed by atoms with E-state index in [9.17, 15) is 4.79 Å². The Morgan fingerprint density at radius 2 is 1.83 bits per heavy atom. The Morgan fingerprint density at radius 3 is 2.58 bits per heavy atom. The number of nitrogens with zero attached hydrogens (tertiary/aromatic N) is 1. The molecule has 24 heavy (non-hydrogen) atoms. The number of hydrogen-bond acceptors (Lipinski definition) is 3. The van der Waals surface area contributed by atoms with E-state index in [4.69, 9.17) is 4.74 Å². The molecule has 0 saturated heterocycles. The van der Waals surface area contributed by atoms with Crippen LogP contribution in [0.2, 0.25) is 0 Å². The quantitative estimate of drug-likeness (QED) is 0.501. The summed E-state index contributed by atoms with van der Waals surface area (Å²) < 4.78 is 5.99. The molecule has 0 aliphatic carbocycles. The molecule has 2 aromatic heterocycles. The SMILES string of the molecule is COC(=O)c1c(-c2ccc(Br)cc2)ncc2c1[nH]c1ccccc12. The summed E-state index contributed by atoms with van der Waals surface area (Å²) in [5.41, 5.74) is 3.63.